The van der Waals surface area contributed by atoms with Crippen LogP contribution >= 0.6 is 24.0 Å². The lowest BCUT2D eigenvalue weighted by Crippen LogP contribution is -2.38. The molecule has 1 heterocycles. The Morgan fingerprint density at radius 1 is 1.04 bits per heavy atom. The van der Waals surface area contributed by atoms with Gasteiger partial charge in [0.15, 0.2) is 5.96 Å². The van der Waals surface area contributed by atoms with Gasteiger partial charge in [-0.05, 0) is 49.1 Å². The summed E-state index contributed by atoms with van der Waals surface area (Å²) in [4.78, 5) is 8.42. The van der Waals surface area contributed by atoms with Crippen LogP contribution in [0.2, 0.25) is 0 Å². The van der Waals surface area contributed by atoms with E-state index in [1.54, 1.807) is 25.4 Å². The molecule has 26 heavy (non-hydrogen) atoms. The molecule has 0 aliphatic rings. The van der Waals surface area contributed by atoms with Gasteiger partial charge in [-0.15, -0.1) is 24.0 Å². The molecule has 0 saturated carbocycles. The molecule has 2 rings (SSSR count). The first-order chi connectivity index (χ1) is 12.3. The van der Waals surface area contributed by atoms with E-state index in [9.17, 15) is 4.39 Å². The minimum absolute atomic E-state index is 0. The minimum atomic E-state index is -0.195. The van der Waals surface area contributed by atoms with E-state index in [2.05, 4.69) is 25.9 Å². The largest absolute Gasteiger partial charge is 0.370 e. The predicted molar refractivity (Wildman–Crippen MR) is 117 cm³/mol. The van der Waals surface area contributed by atoms with E-state index in [1.165, 1.54) is 6.07 Å². The molecule has 0 radical (unpaired) electrons. The van der Waals surface area contributed by atoms with Crippen molar-refractivity contribution >= 4 is 35.8 Å². The molecule has 0 spiro atoms. The zero-order chi connectivity index (χ0) is 17.7. The fraction of sp³-hybridized carbons (Fsp3) is 0.368. The number of halogens is 2. The third-order valence-corrected chi connectivity index (χ3v) is 3.69. The van der Waals surface area contributed by atoms with Crippen molar-refractivity contribution in [3.05, 3.63) is 60.0 Å². The summed E-state index contributed by atoms with van der Waals surface area (Å²) in [6, 6.07) is 12.5. The summed E-state index contributed by atoms with van der Waals surface area (Å²) < 4.78 is 13.1. The van der Waals surface area contributed by atoms with Crippen molar-refractivity contribution in [2.75, 3.05) is 32.0 Å². The van der Waals surface area contributed by atoms with Crippen molar-refractivity contribution in [3.63, 3.8) is 0 Å². The van der Waals surface area contributed by atoms with Crippen LogP contribution in [0.25, 0.3) is 0 Å². The maximum atomic E-state index is 13.1. The van der Waals surface area contributed by atoms with Gasteiger partial charge in [0.1, 0.15) is 11.6 Å². The first kappa shape index (κ1) is 22.1. The zero-order valence-electron chi connectivity index (χ0n) is 15.0. The average molecular weight is 471 g/mol. The number of nitrogens with zero attached hydrogens (tertiary/aromatic N) is 2. The number of hydrogen-bond donors (Lipinski definition) is 3. The van der Waals surface area contributed by atoms with Crippen LogP contribution in [0.4, 0.5) is 10.2 Å². The first-order valence-corrected chi connectivity index (χ1v) is 8.62. The fourth-order valence-electron chi connectivity index (χ4n) is 2.38. The van der Waals surface area contributed by atoms with Gasteiger partial charge in [-0.3, -0.25) is 4.99 Å². The lowest BCUT2D eigenvalue weighted by molar-refractivity contribution is 0.625. The maximum Gasteiger partial charge on any atom is 0.190 e. The van der Waals surface area contributed by atoms with E-state index in [-0.39, 0.29) is 29.8 Å². The first-order valence-electron chi connectivity index (χ1n) is 8.62. The molecule has 3 N–H and O–H groups in total. The summed E-state index contributed by atoms with van der Waals surface area (Å²) in [5.74, 6) is 1.48. The van der Waals surface area contributed by atoms with Crippen LogP contribution in [0, 0.1) is 5.82 Å². The fourth-order valence-corrected chi connectivity index (χ4v) is 2.38. The Morgan fingerprint density at radius 2 is 1.85 bits per heavy atom. The molecule has 7 heteroatoms. The summed E-state index contributed by atoms with van der Waals surface area (Å²) in [7, 11) is 1.75. The van der Waals surface area contributed by atoms with E-state index in [0.717, 1.165) is 49.7 Å². The number of pyridine rings is 1. The molecular weight excluding hydrogens is 444 g/mol. The molecule has 5 nitrogen and oxygen atoms in total. The molecule has 0 fully saturated rings. The van der Waals surface area contributed by atoms with Crippen LogP contribution in [0.3, 0.4) is 0 Å². The number of unbranched alkanes of at least 4 members (excludes halogenated alkanes) is 1. The second kappa shape index (κ2) is 13.3. The molecule has 0 unspecified atom stereocenters. The Kier molecular flexibility index (Phi) is 11.3. The van der Waals surface area contributed by atoms with E-state index >= 15 is 0 Å². The van der Waals surface area contributed by atoms with Crippen LogP contribution in [0.1, 0.15) is 18.4 Å². The zero-order valence-corrected chi connectivity index (χ0v) is 17.4. The smallest absolute Gasteiger partial charge is 0.190 e. The van der Waals surface area contributed by atoms with Crippen molar-refractivity contribution in [2.45, 2.75) is 19.3 Å². The van der Waals surface area contributed by atoms with Gasteiger partial charge in [-0.2, -0.15) is 0 Å². The second-order valence-electron chi connectivity index (χ2n) is 5.65. The van der Waals surface area contributed by atoms with Gasteiger partial charge in [0.25, 0.3) is 0 Å². The van der Waals surface area contributed by atoms with Gasteiger partial charge in [0.2, 0.25) is 0 Å². The van der Waals surface area contributed by atoms with E-state index in [1.807, 2.05) is 24.3 Å². The normalized spacial score (nSPS) is 10.8. The van der Waals surface area contributed by atoms with Crippen LogP contribution in [-0.4, -0.2) is 37.6 Å². The highest BCUT2D eigenvalue weighted by molar-refractivity contribution is 14.0. The Balaban J connectivity index is 0.00000338. The lowest BCUT2D eigenvalue weighted by Gasteiger charge is -2.12. The van der Waals surface area contributed by atoms with Crippen molar-refractivity contribution in [1.29, 1.82) is 0 Å². The predicted octanol–water partition coefficient (Wildman–Crippen LogP) is 3.44. The average Bonchev–Trinajstić information content (AvgIpc) is 2.64. The van der Waals surface area contributed by atoms with Crippen molar-refractivity contribution < 1.29 is 4.39 Å². The highest BCUT2D eigenvalue weighted by atomic mass is 127. The van der Waals surface area contributed by atoms with Gasteiger partial charge < -0.3 is 16.0 Å². The van der Waals surface area contributed by atoms with Gasteiger partial charge in [-0.25, -0.2) is 9.37 Å². The molecule has 0 amide bonds. The Morgan fingerprint density at radius 3 is 2.58 bits per heavy atom. The molecule has 0 aliphatic heterocycles. The highest BCUT2D eigenvalue weighted by Crippen LogP contribution is 2.03. The number of nitrogens with one attached hydrogen (secondary N) is 3. The van der Waals surface area contributed by atoms with Crippen molar-refractivity contribution in [2.24, 2.45) is 4.99 Å². The Hall–Kier alpha value is -1.90. The van der Waals surface area contributed by atoms with Gasteiger partial charge in [0, 0.05) is 32.9 Å². The van der Waals surface area contributed by atoms with E-state index in [0.29, 0.717) is 6.54 Å². The minimum Gasteiger partial charge on any atom is -0.370 e. The van der Waals surface area contributed by atoms with Crippen LogP contribution in [0.15, 0.2) is 53.7 Å². The number of hydrogen-bond acceptors (Lipinski definition) is 3. The molecule has 2 aromatic rings. The lowest BCUT2D eigenvalue weighted by atomic mass is 10.1. The summed E-state index contributed by atoms with van der Waals surface area (Å²) in [6.45, 7) is 2.46. The van der Waals surface area contributed by atoms with Crippen LogP contribution in [-0.2, 0) is 6.42 Å². The molecule has 1 aromatic heterocycles. The molecule has 1 aromatic carbocycles. The molecule has 142 valence electrons. The third-order valence-electron chi connectivity index (χ3n) is 3.69. The topological polar surface area (TPSA) is 61.3 Å². The van der Waals surface area contributed by atoms with Gasteiger partial charge >= 0.3 is 0 Å². The van der Waals surface area contributed by atoms with Crippen molar-refractivity contribution in [3.8, 4) is 0 Å². The Bertz CT molecular complexity index is 651. The molecule has 0 atom stereocenters. The van der Waals surface area contributed by atoms with Gasteiger partial charge in [-0.1, -0.05) is 18.2 Å². The quantitative estimate of drug-likeness (QED) is 0.227. The number of aromatic nitrogens is 1. The summed E-state index contributed by atoms with van der Waals surface area (Å²) in [6.07, 6.45) is 4.62. The summed E-state index contributed by atoms with van der Waals surface area (Å²) >= 11 is 0. The van der Waals surface area contributed by atoms with Crippen LogP contribution in [0.5, 0.6) is 0 Å². The third kappa shape index (κ3) is 8.98. The number of anilines is 1. The van der Waals surface area contributed by atoms with E-state index < -0.39 is 0 Å². The van der Waals surface area contributed by atoms with Crippen LogP contribution < -0.4 is 16.0 Å². The summed E-state index contributed by atoms with van der Waals surface area (Å²) in [5.41, 5.74) is 0.976. The molecule has 0 saturated heterocycles. The number of rotatable bonds is 9. The maximum absolute atomic E-state index is 13.1. The Labute approximate surface area is 171 Å². The number of benzene rings is 1. The summed E-state index contributed by atoms with van der Waals surface area (Å²) in [5, 5.41) is 9.82. The standard InChI is InChI=1S/C19H26FN5.HI/c1-21-19(25-14-10-16-7-6-8-17(20)15-16)24-13-5-4-12-23-18-9-2-3-11-22-18;/h2-3,6-9,11,15H,4-5,10,12-14H2,1H3,(H,22,23)(H2,21,24,25);1H. The number of guanidine groups is 1. The SMILES string of the molecule is CN=C(NCCCCNc1ccccn1)NCCc1cccc(F)c1.I. The van der Waals surface area contributed by atoms with Gasteiger partial charge in [0.05, 0.1) is 0 Å². The molecule has 0 aliphatic carbocycles. The highest BCUT2D eigenvalue weighted by Gasteiger charge is 1.99. The van der Waals surface area contributed by atoms with E-state index in [4.69, 9.17) is 0 Å². The monoisotopic (exact) mass is 471 g/mol. The number of aliphatic imine (C=N–C) groups is 1. The molecular formula is C19H27FIN5. The second-order valence-corrected chi connectivity index (χ2v) is 5.65. The van der Waals surface area contributed by atoms with Crippen molar-refractivity contribution in [1.82, 2.24) is 15.6 Å². The molecule has 0 bridgehead atoms.